The van der Waals surface area contributed by atoms with Crippen molar-refractivity contribution in [2.45, 2.75) is 37.6 Å². The molecule has 3 unspecified atom stereocenters. The molecule has 3 aliphatic rings. The lowest BCUT2D eigenvalue weighted by Gasteiger charge is -2.14. The lowest BCUT2D eigenvalue weighted by molar-refractivity contribution is 0.0875. The molecule has 3 fully saturated rings. The summed E-state index contributed by atoms with van der Waals surface area (Å²) in [6.07, 6.45) is 5.60. The Morgan fingerprint density at radius 1 is 1.10 bits per heavy atom. The first-order chi connectivity index (χ1) is 4.93. The van der Waals surface area contributed by atoms with Crippen molar-refractivity contribution in [3.8, 4) is 0 Å². The van der Waals surface area contributed by atoms with Crippen molar-refractivity contribution in [1.29, 1.82) is 0 Å². The van der Waals surface area contributed by atoms with Gasteiger partial charge < -0.3 is 9.47 Å². The van der Waals surface area contributed by atoms with Crippen LogP contribution in [0.25, 0.3) is 0 Å². The molecule has 0 aromatic carbocycles. The van der Waals surface area contributed by atoms with E-state index in [2.05, 4.69) is 0 Å². The Labute approximate surface area is 60.5 Å². The monoisotopic (exact) mass is 140 g/mol. The zero-order chi connectivity index (χ0) is 6.55. The van der Waals surface area contributed by atoms with E-state index in [9.17, 15) is 0 Å². The topological polar surface area (TPSA) is 21.8 Å². The van der Waals surface area contributed by atoms with Gasteiger partial charge in [-0.1, -0.05) is 0 Å². The average Bonchev–Trinajstić information content (AvgIpc) is 2.60. The van der Waals surface area contributed by atoms with E-state index in [1.165, 1.54) is 19.3 Å². The molecule has 56 valence electrons. The molecule has 4 atom stereocenters. The average molecular weight is 140 g/mol. The Kier molecular flexibility index (Phi) is 0.968. The zero-order valence-corrected chi connectivity index (χ0v) is 5.95. The maximum atomic E-state index is 5.71. The summed E-state index contributed by atoms with van der Waals surface area (Å²) in [4.78, 5) is 0. The largest absolute Gasteiger partial charge is 0.375 e. The van der Waals surface area contributed by atoms with Gasteiger partial charge in [-0.15, -0.1) is 0 Å². The molecule has 0 aromatic heterocycles. The first-order valence-corrected chi connectivity index (χ1v) is 4.20. The van der Waals surface area contributed by atoms with Crippen LogP contribution in [0.3, 0.4) is 0 Å². The van der Waals surface area contributed by atoms with Gasteiger partial charge >= 0.3 is 0 Å². The number of fused-ring (bicyclic) bond motifs is 2. The van der Waals surface area contributed by atoms with Gasteiger partial charge in [0.2, 0.25) is 0 Å². The highest BCUT2D eigenvalue weighted by Gasteiger charge is 2.48. The smallest absolute Gasteiger partial charge is 0.0863 e. The Hall–Kier alpha value is -0.0800. The molecule has 10 heavy (non-hydrogen) atoms. The van der Waals surface area contributed by atoms with Crippen LogP contribution in [-0.2, 0) is 9.47 Å². The van der Waals surface area contributed by atoms with E-state index in [0.717, 1.165) is 12.5 Å². The molecule has 3 rings (SSSR count). The first kappa shape index (κ1) is 5.56. The molecular formula is C8H12O2. The van der Waals surface area contributed by atoms with Gasteiger partial charge in [-0.3, -0.25) is 0 Å². The molecular weight excluding hydrogens is 128 g/mol. The predicted octanol–water partition coefficient (Wildman–Crippen LogP) is 0.953. The second-order valence-electron chi connectivity index (χ2n) is 3.65. The number of hydrogen-bond donors (Lipinski definition) is 0. The van der Waals surface area contributed by atoms with Crippen LogP contribution < -0.4 is 0 Å². The number of ether oxygens (including phenoxy) is 2. The van der Waals surface area contributed by atoms with E-state index >= 15 is 0 Å². The molecule has 3 heterocycles. The maximum Gasteiger partial charge on any atom is 0.0863 e. The summed E-state index contributed by atoms with van der Waals surface area (Å²) in [6, 6.07) is 0. The van der Waals surface area contributed by atoms with Crippen molar-refractivity contribution in [2.24, 2.45) is 5.92 Å². The number of epoxide rings is 1. The summed E-state index contributed by atoms with van der Waals surface area (Å²) in [7, 11) is 0. The van der Waals surface area contributed by atoms with Gasteiger partial charge in [0.15, 0.2) is 0 Å². The minimum atomic E-state index is 0.567. The highest BCUT2D eigenvalue weighted by Crippen LogP contribution is 2.43. The van der Waals surface area contributed by atoms with Crippen molar-refractivity contribution < 1.29 is 9.47 Å². The molecule has 2 bridgehead atoms. The Bertz CT molecular complexity index is 153. The SMILES string of the molecule is C1CC2OC1CC2[C@@H]1CO1. The summed E-state index contributed by atoms with van der Waals surface area (Å²) >= 11 is 0. The van der Waals surface area contributed by atoms with Gasteiger partial charge in [-0.2, -0.15) is 0 Å². The van der Waals surface area contributed by atoms with E-state index in [-0.39, 0.29) is 0 Å². The van der Waals surface area contributed by atoms with E-state index in [4.69, 9.17) is 9.47 Å². The van der Waals surface area contributed by atoms with Gasteiger partial charge in [0, 0.05) is 5.92 Å². The first-order valence-electron chi connectivity index (χ1n) is 4.20. The highest BCUT2D eigenvalue weighted by molar-refractivity contribution is 4.96. The van der Waals surface area contributed by atoms with Gasteiger partial charge in [0.05, 0.1) is 24.9 Å². The molecule has 0 N–H and O–H groups in total. The summed E-state index contributed by atoms with van der Waals surface area (Å²) in [5.41, 5.74) is 0. The fourth-order valence-electron chi connectivity index (χ4n) is 2.37. The van der Waals surface area contributed by atoms with Crippen LogP contribution in [0.1, 0.15) is 19.3 Å². The van der Waals surface area contributed by atoms with Gasteiger partial charge in [0.1, 0.15) is 0 Å². The van der Waals surface area contributed by atoms with E-state index in [1.807, 2.05) is 0 Å². The zero-order valence-electron chi connectivity index (χ0n) is 5.95. The quantitative estimate of drug-likeness (QED) is 0.506. The van der Waals surface area contributed by atoms with Crippen LogP contribution in [0.5, 0.6) is 0 Å². The second-order valence-corrected chi connectivity index (χ2v) is 3.65. The molecule has 3 saturated heterocycles. The summed E-state index contributed by atoms with van der Waals surface area (Å²) in [5, 5.41) is 0. The minimum Gasteiger partial charge on any atom is -0.375 e. The molecule has 3 aliphatic heterocycles. The van der Waals surface area contributed by atoms with Crippen LogP contribution in [-0.4, -0.2) is 24.9 Å². The second kappa shape index (κ2) is 1.74. The van der Waals surface area contributed by atoms with Crippen molar-refractivity contribution in [2.75, 3.05) is 6.61 Å². The summed E-state index contributed by atoms with van der Waals surface area (Å²) in [5.74, 6) is 0.763. The van der Waals surface area contributed by atoms with E-state index in [0.29, 0.717) is 18.3 Å². The van der Waals surface area contributed by atoms with Crippen molar-refractivity contribution in [3.05, 3.63) is 0 Å². The van der Waals surface area contributed by atoms with Crippen LogP contribution in [0, 0.1) is 5.92 Å². The Morgan fingerprint density at radius 2 is 2.00 bits per heavy atom. The van der Waals surface area contributed by atoms with Crippen LogP contribution in [0.4, 0.5) is 0 Å². The van der Waals surface area contributed by atoms with Gasteiger partial charge in [-0.25, -0.2) is 0 Å². The lowest BCUT2D eigenvalue weighted by Crippen LogP contribution is -2.21. The number of rotatable bonds is 1. The molecule has 0 aliphatic carbocycles. The lowest BCUT2D eigenvalue weighted by atomic mass is 9.87. The van der Waals surface area contributed by atoms with Crippen molar-refractivity contribution in [3.63, 3.8) is 0 Å². The third-order valence-electron chi connectivity index (χ3n) is 2.99. The van der Waals surface area contributed by atoms with Crippen molar-refractivity contribution >= 4 is 0 Å². The molecule has 2 heteroatoms. The third-order valence-corrected chi connectivity index (χ3v) is 2.99. The molecule has 2 nitrogen and oxygen atoms in total. The van der Waals surface area contributed by atoms with Gasteiger partial charge in [0.25, 0.3) is 0 Å². The van der Waals surface area contributed by atoms with Gasteiger partial charge in [-0.05, 0) is 19.3 Å². The standard InChI is InChI=1S/C8H12O2/c1-2-7-6(8-4-9-8)3-5(1)10-7/h5-8H,1-4H2/t5?,6?,7?,8-/m0/s1. The minimum absolute atomic E-state index is 0.567. The van der Waals surface area contributed by atoms with Crippen LogP contribution >= 0.6 is 0 Å². The fraction of sp³-hybridized carbons (Fsp3) is 1.00. The van der Waals surface area contributed by atoms with Crippen molar-refractivity contribution in [1.82, 2.24) is 0 Å². The summed E-state index contributed by atoms with van der Waals surface area (Å²) < 4.78 is 11.0. The number of hydrogen-bond acceptors (Lipinski definition) is 2. The van der Waals surface area contributed by atoms with Crippen LogP contribution in [0.15, 0.2) is 0 Å². The Morgan fingerprint density at radius 3 is 2.50 bits per heavy atom. The summed E-state index contributed by atoms with van der Waals surface area (Å²) in [6.45, 7) is 0.997. The normalized spacial score (nSPS) is 57.6. The van der Waals surface area contributed by atoms with Crippen LogP contribution in [0.2, 0.25) is 0 Å². The molecule has 0 amide bonds. The third kappa shape index (κ3) is 0.663. The predicted molar refractivity (Wildman–Crippen MR) is 35.7 cm³/mol. The highest BCUT2D eigenvalue weighted by atomic mass is 16.6. The molecule has 0 saturated carbocycles. The van der Waals surface area contributed by atoms with E-state index < -0.39 is 0 Å². The maximum absolute atomic E-state index is 5.71. The molecule has 0 radical (unpaired) electrons. The fourth-order valence-corrected chi connectivity index (χ4v) is 2.37. The Balaban J connectivity index is 1.77. The van der Waals surface area contributed by atoms with E-state index in [1.54, 1.807) is 0 Å². The molecule has 0 spiro atoms. The molecule has 0 aromatic rings.